The molecule has 0 radical (unpaired) electrons. The summed E-state index contributed by atoms with van der Waals surface area (Å²) in [6.45, 7) is 6.42. The van der Waals surface area contributed by atoms with Crippen molar-refractivity contribution in [1.29, 1.82) is 0 Å². The van der Waals surface area contributed by atoms with Crippen LogP contribution in [0.5, 0.6) is 5.88 Å². The van der Waals surface area contributed by atoms with Gasteiger partial charge in [0.25, 0.3) is 0 Å². The molecule has 8 heteroatoms. The van der Waals surface area contributed by atoms with Crippen LogP contribution in [-0.4, -0.2) is 37.4 Å². The zero-order valence-electron chi connectivity index (χ0n) is 11.7. The molecule has 2 aromatic heterocycles. The normalized spacial score (nSPS) is 10.8. The van der Waals surface area contributed by atoms with Crippen molar-refractivity contribution in [3.63, 3.8) is 0 Å². The third-order valence-corrected chi connectivity index (χ3v) is 2.34. The minimum Gasteiger partial charge on any atom is -0.473 e. The number of ether oxygens (including phenoxy) is 1. The van der Waals surface area contributed by atoms with Crippen LogP contribution in [0, 0.1) is 0 Å². The monoisotopic (exact) mass is 277 g/mol. The van der Waals surface area contributed by atoms with Crippen LogP contribution in [0.1, 0.15) is 32.5 Å². The van der Waals surface area contributed by atoms with E-state index < -0.39 is 0 Å². The predicted octanol–water partition coefficient (Wildman–Crippen LogP) is 1.23. The van der Waals surface area contributed by atoms with Crippen LogP contribution in [-0.2, 0) is 4.79 Å². The van der Waals surface area contributed by atoms with Crippen molar-refractivity contribution in [3.05, 3.63) is 6.33 Å². The quantitative estimate of drug-likeness (QED) is 0.905. The number of fused-ring (bicyclic) bond motifs is 1. The van der Waals surface area contributed by atoms with Crippen molar-refractivity contribution in [3.8, 4) is 5.88 Å². The molecule has 2 aromatic rings. The molecule has 0 fully saturated rings. The highest BCUT2D eigenvalue weighted by atomic mass is 16.5. The lowest BCUT2D eigenvalue weighted by Crippen LogP contribution is -2.14. The molecule has 1 N–H and O–H groups in total. The minimum absolute atomic E-state index is 0.0728. The number of rotatable bonds is 3. The maximum Gasteiger partial charge on any atom is 0.247 e. The molecule has 1 amide bonds. The zero-order valence-corrected chi connectivity index (χ0v) is 11.7. The molecule has 0 bridgehead atoms. The van der Waals surface area contributed by atoms with E-state index in [0.29, 0.717) is 11.2 Å². The number of imidazole rings is 1. The highest BCUT2D eigenvalue weighted by molar-refractivity contribution is 5.91. The van der Waals surface area contributed by atoms with E-state index >= 15 is 0 Å². The highest BCUT2D eigenvalue weighted by Gasteiger charge is 2.17. The number of hydrogen-bond acceptors (Lipinski definition) is 6. The summed E-state index contributed by atoms with van der Waals surface area (Å²) >= 11 is 0. The van der Waals surface area contributed by atoms with Gasteiger partial charge in [0, 0.05) is 13.8 Å². The smallest absolute Gasteiger partial charge is 0.247 e. The maximum absolute atomic E-state index is 11.5. The van der Waals surface area contributed by atoms with Crippen molar-refractivity contribution in [2.45, 2.75) is 33.8 Å². The fourth-order valence-corrected chi connectivity index (χ4v) is 1.62. The molecule has 2 heterocycles. The SMILES string of the molecule is CC(=O)Nc1nc(OC(C)C)c2ncn(C(C)=O)c2n1. The van der Waals surface area contributed by atoms with Gasteiger partial charge >= 0.3 is 0 Å². The molecule has 0 unspecified atom stereocenters. The summed E-state index contributed by atoms with van der Waals surface area (Å²) in [6, 6.07) is 0. The summed E-state index contributed by atoms with van der Waals surface area (Å²) in [4.78, 5) is 35.0. The Morgan fingerprint density at radius 3 is 2.55 bits per heavy atom. The lowest BCUT2D eigenvalue weighted by atomic mass is 10.4. The van der Waals surface area contributed by atoms with Crippen LogP contribution < -0.4 is 10.1 Å². The molecule has 8 nitrogen and oxygen atoms in total. The van der Waals surface area contributed by atoms with Gasteiger partial charge < -0.3 is 4.74 Å². The second-order valence-electron chi connectivity index (χ2n) is 4.51. The van der Waals surface area contributed by atoms with Gasteiger partial charge in [-0.25, -0.2) is 4.98 Å². The molecule has 0 spiro atoms. The molecular weight excluding hydrogens is 262 g/mol. The number of anilines is 1. The van der Waals surface area contributed by atoms with E-state index in [-0.39, 0.29) is 29.7 Å². The van der Waals surface area contributed by atoms with E-state index in [1.807, 2.05) is 13.8 Å². The first-order valence-corrected chi connectivity index (χ1v) is 6.08. The van der Waals surface area contributed by atoms with E-state index in [9.17, 15) is 9.59 Å². The van der Waals surface area contributed by atoms with Gasteiger partial charge in [0.1, 0.15) is 6.33 Å². The van der Waals surface area contributed by atoms with Crippen molar-refractivity contribution in [2.24, 2.45) is 0 Å². The number of carbonyl (C=O) groups excluding carboxylic acids is 2. The predicted molar refractivity (Wildman–Crippen MR) is 71.7 cm³/mol. The largest absolute Gasteiger partial charge is 0.473 e. The first kappa shape index (κ1) is 13.9. The fourth-order valence-electron chi connectivity index (χ4n) is 1.62. The van der Waals surface area contributed by atoms with Crippen molar-refractivity contribution in [1.82, 2.24) is 19.5 Å². The highest BCUT2D eigenvalue weighted by Crippen LogP contribution is 2.23. The second-order valence-corrected chi connectivity index (χ2v) is 4.51. The van der Waals surface area contributed by atoms with Crippen LogP contribution in [0.3, 0.4) is 0 Å². The first-order valence-electron chi connectivity index (χ1n) is 6.08. The maximum atomic E-state index is 11.5. The molecule has 106 valence electrons. The van der Waals surface area contributed by atoms with Gasteiger partial charge in [0.2, 0.25) is 23.6 Å². The lowest BCUT2D eigenvalue weighted by molar-refractivity contribution is -0.114. The van der Waals surface area contributed by atoms with Crippen LogP contribution in [0.4, 0.5) is 5.95 Å². The van der Waals surface area contributed by atoms with E-state index in [0.717, 1.165) is 0 Å². The van der Waals surface area contributed by atoms with Gasteiger partial charge in [0.05, 0.1) is 6.10 Å². The summed E-state index contributed by atoms with van der Waals surface area (Å²) in [5.41, 5.74) is 0.676. The molecule has 20 heavy (non-hydrogen) atoms. The number of aromatic nitrogens is 4. The van der Waals surface area contributed by atoms with Gasteiger partial charge in [-0.3, -0.25) is 19.5 Å². The van der Waals surface area contributed by atoms with E-state index in [1.165, 1.54) is 24.7 Å². The molecule has 0 aliphatic rings. The summed E-state index contributed by atoms with van der Waals surface area (Å²) in [5.74, 6) is -0.249. The third kappa shape index (κ3) is 2.73. The number of carbonyl (C=O) groups is 2. The summed E-state index contributed by atoms with van der Waals surface area (Å²) in [5, 5.41) is 2.47. The van der Waals surface area contributed by atoms with E-state index in [4.69, 9.17) is 4.74 Å². The molecule has 0 aromatic carbocycles. The molecule has 0 aliphatic carbocycles. The van der Waals surface area contributed by atoms with Gasteiger partial charge in [-0.2, -0.15) is 9.97 Å². The Labute approximate surface area is 115 Å². The second kappa shape index (κ2) is 5.24. The first-order chi connectivity index (χ1) is 9.38. The van der Waals surface area contributed by atoms with Gasteiger partial charge in [-0.05, 0) is 13.8 Å². The zero-order chi connectivity index (χ0) is 14.9. The van der Waals surface area contributed by atoms with Crippen LogP contribution in [0.2, 0.25) is 0 Å². The Bertz CT molecular complexity index is 677. The van der Waals surface area contributed by atoms with Crippen molar-refractivity contribution < 1.29 is 14.3 Å². The van der Waals surface area contributed by atoms with Crippen LogP contribution >= 0.6 is 0 Å². The number of nitrogens with one attached hydrogen (secondary N) is 1. The Morgan fingerprint density at radius 1 is 1.30 bits per heavy atom. The Balaban J connectivity index is 2.62. The topological polar surface area (TPSA) is 99.0 Å². The van der Waals surface area contributed by atoms with E-state index in [2.05, 4.69) is 20.3 Å². The molecule has 0 saturated carbocycles. The Kier molecular flexibility index (Phi) is 3.64. The number of nitrogens with zero attached hydrogens (tertiary/aromatic N) is 4. The third-order valence-electron chi connectivity index (χ3n) is 2.34. The van der Waals surface area contributed by atoms with Gasteiger partial charge in [0.15, 0.2) is 11.2 Å². The Morgan fingerprint density at radius 2 is 2.00 bits per heavy atom. The van der Waals surface area contributed by atoms with E-state index in [1.54, 1.807) is 0 Å². The van der Waals surface area contributed by atoms with Crippen LogP contribution in [0.15, 0.2) is 6.33 Å². The minimum atomic E-state index is -0.311. The standard InChI is InChI=1S/C12H15N5O3/c1-6(2)20-11-9-10(17(5-13-9)8(4)19)15-12(16-11)14-7(3)18/h5-6H,1-4H3,(H,14,15,16,18). The fraction of sp³-hybridized carbons (Fsp3) is 0.417. The molecule has 0 aliphatic heterocycles. The molecule has 0 atom stereocenters. The summed E-state index contributed by atoms with van der Waals surface area (Å²) < 4.78 is 6.83. The molecular formula is C12H15N5O3. The average molecular weight is 277 g/mol. The summed E-state index contributed by atoms with van der Waals surface area (Å²) in [7, 11) is 0. The Hall–Kier alpha value is -2.51. The van der Waals surface area contributed by atoms with Gasteiger partial charge in [-0.15, -0.1) is 0 Å². The lowest BCUT2D eigenvalue weighted by Gasteiger charge is -2.10. The van der Waals surface area contributed by atoms with Gasteiger partial charge in [-0.1, -0.05) is 0 Å². The van der Waals surface area contributed by atoms with Crippen LogP contribution in [0.25, 0.3) is 11.2 Å². The summed E-state index contributed by atoms with van der Waals surface area (Å²) in [6.07, 6.45) is 1.23. The number of amides is 1. The number of hydrogen-bond donors (Lipinski definition) is 1. The molecule has 2 rings (SSSR count). The molecule has 0 saturated heterocycles. The van der Waals surface area contributed by atoms with Crippen molar-refractivity contribution in [2.75, 3.05) is 5.32 Å². The van der Waals surface area contributed by atoms with Crippen molar-refractivity contribution >= 4 is 28.9 Å². The average Bonchev–Trinajstić information content (AvgIpc) is 2.71.